The molecule has 0 radical (unpaired) electrons. The second-order valence-electron chi connectivity index (χ2n) is 5.47. The van der Waals surface area contributed by atoms with Gasteiger partial charge in [0.15, 0.2) is 0 Å². The molecular formula is C14H25N5O. The van der Waals surface area contributed by atoms with E-state index in [9.17, 15) is 0 Å². The molecule has 0 aliphatic heterocycles. The van der Waals surface area contributed by atoms with Crippen molar-refractivity contribution in [1.29, 1.82) is 0 Å². The summed E-state index contributed by atoms with van der Waals surface area (Å²) in [6.45, 7) is 7.59. The van der Waals surface area contributed by atoms with Crippen LogP contribution in [0.4, 0.5) is 11.9 Å². The molecule has 1 heterocycles. The molecule has 2 rings (SSSR count). The van der Waals surface area contributed by atoms with Gasteiger partial charge in [0.25, 0.3) is 0 Å². The van der Waals surface area contributed by atoms with Gasteiger partial charge in [0.05, 0.1) is 6.10 Å². The molecule has 0 atom stereocenters. The average Bonchev–Trinajstić information content (AvgIpc) is 3.18. The molecule has 0 saturated heterocycles. The van der Waals surface area contributed by atoms with E-state index in [1.54, 1.807) is 0 Å². The minimum atomic E-state index is 0.0505. The number of rotatable bonds is 9. The van der Waals surface area contributed by atoms with Gasteiger partial charge in [-0.1, -0.05) is 12.8 Å². The highest BCUT2D eigenvalue weighted by molar-refractivity contribution is 5.35. The second kappa shape index (κ2) is 7.26. The molecule has 0 spiro atoms. The van der Waals surface area contributed by atoms with Crippen LogP contribution < -0.4 is 15.4 Å². The summed E-state index contributed by atoms with van der Waals surface area (Å²) >= 11 is 0. The van der Waals surface area contributed by atoms with Crippen LogP contribution in [-0.4, -0.2) is 34.1 Å². The maximum absolute atomic E-state index is 5.55. The predicted octanol–water partition coefficient (Wildman–Crippen LogP) is 2.69. The van der Waals surface area contributed by atoms with Crippen molar-refractivity contribution < 1.29 is 4.74 Å². The molecular weight excluding hydrogens is 254 g/mol. The minimum Gasteiger partial charge on any atom is -0.461 e. The summed E-state index contributed by atoms with van der Waals surface area (Å²) in [5, 5.41) is 6.36. The Balaban J connectivity index is 1.91. The second-order valence-corrected chi connectivity index (χ2v) is 5.47. The van der Waals surface area contributed by atoms with E-state index in [-0.39, 0.29) is 6.10 Å². The number of ether oxygens (including phenoxy) is 1. The molecule has 2 N–H and O–H groups in total. The maximum Gasteiger partial charge on any atom is 0.323 e. The molecule has 0 amide bonds. The number of nitrogens with one attached hydrogen (secondary N) is 2. The van der Waals surface area contributed by atoms with Gasteiger partial charge < -0.3 is 15.4 Å². The topological polar surface area (TPSA) is 72.0 Å². The normalized spacial score (nSPS) is 14.4. The Labute approximate surface area is 120 Å². The van der Waals surface area contributed by atoms with Gasteiger partial charge in [0, 0.05) is 13.1 Å². The summed E-state index contributed by atoms with van der Waals surface area (Å²) in [5.74, 6) is 2.11. The third-order valence-corrected chi connectivity index (χ3v) is 3.06. The number of nitrogens with zero attached hydrogens (tertiary/aromatic N) is 3. The van der Waals surface area contributed by atoms with Crippen molar-refractivity contribution in [2.45, 2.75) is 52.6 Å². The SMILES string of the molecule is CCNc1nc(NCCCC2CC2)nc(OC(C)C)n1. The van der Waals surface area contributed by atoms with E-state index >= 15 is 0 Å². The third-order valence-electron chi connectivity index (χ3n) is 3.06. The summed E-state index contributed by atoms with van der Waals surface area (Å²) < 4.78 is 5.55. The fraction of sp³-hybridized carbons (Fsp3) is 0.786. The Morgan fingerprint density at radius 1 is 1.15 bits per heavy atom. The molecule has 1 saturated carbocycles. The van der Waals surface area contributed by atoms with Gasteiger partial charge in [-0.3, -0.25) is 0 Å². The maximum atomic E-state index is 5.55. The molecule has 1 aromatic heterocycles. The molecule has 1 aromatic rings. The van der Waals surface area contributed by atoms with Crippen LogP contribution in [0.5, 0.6) is 6.01 Å². The molecule has 20 heavy (non-hydrogen) atoms. The Bertz CT molecular complexity index is 420. The first-order valence-electron chi connectivity index (χ1n) is 7.58. The van der Waals surface area contributed by atoms with Gasteiger partial charge >= 0.3 is 6.01 Å². The fourth-order valence-corrected chi connectivity index (χ4v) is 1.93. The van der Waals surface area contributed by atoms with Crippen molar-refractivity contribution in [3.8, 4) is 6.01 Å². The molecule has 1 aliphatic carbocycles. The van der Waals surface area contributed by atoms with Gasteiger partial charge in [-0.25, -0.2) is 0 Å². The number of hydrogen-bond donors (Lipinski definition) is 2. The van der Waals surface area contributed by atoms with E-state index in [0.29, 0.717) is 17.9 Å². The third kappa shape index (κ3) is 5.19. The fourth-order valence-electron chi connectivity index (χ4n) is 1.93. The average molecular weight is 279 g/mol. The van der Waals surface area contributed by atoms with Crippen LogP contribution in [0.2, 0.25) is 0 Å². The largest absolute Gasteiger partial charge is 0.461 e. The molecule has 1 fully saturated rings. The van der Waals surface area contributed by atoms with E-state index in [1.165, 1.54) is 19.3 Å². The van der Waals surface area contributed by atoms with Gasteiger partial charge in [0.2, 0.25) is 11.9 Å². The molecule has 0 bridgehead atoms. The predicted molar refractivity (Wildman–Crippen MR) is 80.2 cm³/mol. The zero-order chi connectivity index (χ0) is 14.4. The lowest BCUT2D eigenvalue weighted by atomic mass is 10.2. The lowest BCUT2D eigenvalue weighted by molar-refractivity contribution is 0.222. The zero-order valence-corrected chi connectivity index (χ0v) is 12.6. The summed E-state index contributed by atoms with van der Waals surface area (Å²) in [4.78, 5) is 12.9. The first-order valence-corrected chi connectivity index (χ1v) is 7.58. The van der Waals surface area contributed by atoms with Crippen molar-refractivity contribution in [1.82, 2.24) is 15.0 Å². The van der Waals surface area contributed by atoms with E-state index in [2.05, 4.69) is 25.6 Å². The highest BCUT2D eigenvalue weighted by Crippen LogP contribution is 2.33. The quantitative estimate of drug-likeness (QED) is 0.677. The highest BCUT2D eigenvalue weighted by atomic mass is 16.5. The van der Waals surface area contributed by atoms with Crippen molar-refractivity contribution in [2.75, 3.05) is 23.7 Å². The molecule has 0 aromatic carbocycles. The molecule has 0 unspecified atom stereocenters. The van der Waals surface area contributed by atoms with Gasteiger partial charge in [0.1, 0.15) is 0 Å². The molecule has 6 heteroatoms. The van der Waals surface area contributed by atoms with Crippen LogP contribution in [0, 0.1) is 5.92 Å². The van der Waals surface area contributed by atoms with E-state index in [1.807, 2.05) is 20.8 Å². The molecule has 6 nitrogen and oxygen atoms in total. The summed E-state index contributed by atoms with van der Waals surface area (Å²) in [6, 6.07) is 0.371. The Hall–Kier alpha value is -1.59. The highest BCUT2D eigenvalue weighted by Gasteiger charge is 2.20. The smallest absolute Gasteiger partial charge is 0.323 e. The first kappa shape index (κ1) is 14.8. The van der Waals surface area contributed by atoms with E-state index in [0.717, 1.165) is 25.4 Å². The van der Waals surface area contributed by atoms with Crippen LogP contribution in [0.1, 0.15) is 46.5 Å². The Morgan fingerprint density at radius 3 is 2.45 bits per heavy atom. The molecule has 1 aliphatic rings. The molecule has 112 valence electrons. The number of anilines is 2. The van der Waals surface area contributed by atoms with Crippen molar-refractivity contribution in [2.24, 2.45) is 5.92 Å². The van der Waals surface area contributed by atoms with Crippen LogP contribution in [-0.2, 0) is 0 Å². The Morgan fingerprint density at radius 2 is 1.85 bits per heavy atom. The van der Waals surface area contributed by atoms with Gasteiger partial charge in [-0.2, -0.15) is 15.0 Å². The van der Waals surface area contributed by atoms with E-state index in [4.69, 9.17) is 4.74 Å². The monoisotopic (exact) mass is 279 g/mol. The van der Waals surface area contributed by atoms with Crippen molar-refractivity contribution in [3.05, 3.63) is 0 Å². The Kier molecular flexibility index (Phi) is 5.38. The van der Waals surface area contributed by atoms with Gasteiger partial charge in [-0.05, 0) is 39.5 Å². The van der Waals surface area contributed by atoms with Crippen molar-refractivity contribution in [3.63, 3.8) is 0 Å². The lowest BCUT2D eigenvalue weighted by Crippen LogP contribution is -2.14. The van der Waals surface area contributed by atoms with Crippen LogP contribution >= 0.6 is 0 Å². The van der Waals surface area contributed by atoms with Gasteiger partial charge in [-0.15, -0.1) is 0 Å². The minimum absolute atomic E-state index is 0.0505. The van der Waals surface area contributed by atoms with Crippen LogP contribution in [0.25, 0.3) is 0 Å². The number of hydrogen-bond acceptors (Lipinski definition) is 6. The van der Waals surface area contributed by atoms with Crippen LogP contribution in [0.15, 0.2) is 0 Å². The number of aromatic nitrogens is 3. The summed E-state index contributed by atoms with van der Waals surface area (Å²) in [6.07, 6.45) is 5.32. The first-order chi connectivity index (χ1) is 9.67. The summed E-state index contributed by atoms with van der Waals surface area (Å²) in [7, 11) is 0. The van der Waals surface area contributed by atoms with Crippen LogP contribution in [0.3, 0.4) is 0 Å². The zero-order valence-electron chi connectivity index (χ0n) is 12.6. The van der Waals surface area contributed by atoms with Crippen molar-refractivity contribution >= 4 is 11.9 Å². The van der Waals surface area contributed by atoms with E-state index < -0.39 is 0 Å². The standard InChI is InChI=1S/C14H25N5O/c1-4-15-12-17-13(16-9-5-6-11-7-8-11)19-14(18-12)20-10(2)3/h10-11H,4-9H2,1-3H3,(H2,15,16,17,18,19). The summed E-state index contributed by atoms with van der Waals surface area (Å²) in [5.41, 5.74) is 0. The lowest BCUT2D eigenvalue weighted by Gasteiger charge is -2.11.